The van der Waals surface area contributed by atoms with Gasteiger partial charge < -0.3 is 19.6 Å². The molecule has 2 rings (SSSR count). The number of hydrogen-bond donors (Lipinski definition) is 1. The highest BCUT2D eigenvalue weighted by molar-refractivity contribution is 5.67. The Balaban J connectivity index is 2.41. The van der Waals surface area contributed by atoms with Crippen molar-refractivity contribution in [3.8, 4) is 22.8 Å². The molecule has 0 saturated carbocycles. The minimum Gasteiger partial charge on any atom is -0.497 e. The molecule has 0 fully saturated rings. The van der Waals surface area contributed by atoms with Crippen LogP contribution < -0.4 is 15.2 Å². The molecule has 1 heterocycles. The molecule has 2 N–H and O–H groups in total. The van der Waals surface area contributed by atoms with Gasteiger partial charge in [0.2, 0.25) is 5.89 Å². The Morgan fingerprint density at radius 2 is 1.95 bits per heavy atom. The molecule has 1 atom stereocenters. The number of nitrogens with two attached hydrogens (primary N) is 1. The summed E-state index contributed by atoms with van der Waals surface area (Å²) in [6, 6.07) is 5.29. The van der Waals surface area contributed by atoms with Crippen LogP contribution in [0.25, 0.3) is 11.3 Å². The third-order valence-electron chi connectivity index (χ3n) is 3.20. The quantitative estimate of drug-likeness (QED) is 0.909. The lowest BCUT2D eigenvalue weighted by Crippen LogP contribution is -2.16. The van der Waals surface area contributed by atoms with Gasteiger partial charge in [-0.15, -0.1) is 0 Å². The van der Waals surface area contributed by atoms with Gasteiger partial charge in [0.15, 0.2) is 5.76 Å². The number of nitrogens with zero attached hydrogens (tertiary/aromatic N) is 1. The first-order chi connectivity index (χ1) is 9.56. The molecule has 0 aliphatic heterocycles. The van der Waals surface area contributed by atoms with Gasteiger partial charge in [-0.1, -0.05) is 13.8 Å². The molecule has 0 spiro atoms. The van der Waals surface area contributed by atoms with Crippen LogP contribution in [-0.2, 0) is 0 Å². The van der Waals surface area contributed by atoms with Crippen molar-refractivity contribution in [2.24, 2.45) is 11.7 Å². The van der Waals surface area contributed by atoms with Gasteiger partial charge in [0.1, 0.15) is 11.5 Å². The standard InChI is InChI=1S/C15H20N2O3/c1-9(2)14(16)15-17-8-13(20-15)11-7-10(18-3)5-6-12(11)19-4/h5-9,14H,16H2,1-4H3. The zero-order valence-corrected chi connectivity index (χ0v) is 12.2. The fourth-order valence-electron chi connectivity index (χ4n) is 1.86. The summed E-state index contributed by atoms with van der Waals surface area (Å²) in [5.41, 5.74) is 6.84. The Hall–Kier alpha value is -2.01. The minimum absolute atomic E-state index is 0.222. The predicted molar refractivity (Wildman–Crippen MR) is 76.8 cm³/mol. The van der Waals surface area contributed by atoms with Crippen molar-refractivity contribution in [1.82, 2.24) is 4.98 Å². The van der Waals surface area contributed by atoms with E-state index in [4.69, 9.17) is 19.6 Å². The van der Waals surface area contributed by atoms with Crippen LogP contribution in [0.5, 0.6) is 11.5 Å². The number of oxazole rings is 1. The smallest absolute Gasteiger partial charge is 0.212 e. The molecule has 5 nitrogen and oxygen atoms in total. The summed E-state index contributed by atoms with van der Waals surface area (Å²) in [7, 11) is 3.23. The van der Waals surface area contributed by atoms with Crippen LogP contribution in [0.4, 0.5) is 0 Å². The molecule has 0 aliphatic carbocycles. The van der Waals surface area contributed by atoms with E-state index in [1.165, 1.54) is 0 Å². The van der Waals surface area contributed by atoms with E-state index in [1.54, 1.807) is 20.4 Å². The fraction of sp³-hybridized carbons (Fsp3) is 0.400. The van der Waals surface area contributed by atoms with E-state index in [-0.39, 0.29) is 12.0 Å². The molecule has 0 radical (unpaired) electrons. The molecular formula is C15H20N2O3. The van der Waals surface area contributed by atoms with Crippen LogP contribution >= 0.6 is 0 Å². The molecule has 1 aromatic heterocycles. The van der Waals surface area contributed by atoms with E-state index in [2.05, 4.69) is 4.98 Å². The second-order valence-electron chi connectivity index (χ2n) is 4.90. The van der Waals surface area contributed by atoms with Crippen molar-refractivity contribution in [2.45, 2.75) is 19.9 Å². The van der Waals surface area contributed by atoms with E-state index >= 15 is 0 Å². The summed E-state index contributed by atoms with van der Waals surface area (Å²) in [5.74, 6) is 2.83. The number of benzene rings is 1. The van der Waals surface area contributed by atoms with Crippen LogP contribution in [0.3, 0.4) is 0 Å². The number of ether oxygens (including phenoxy) is 2. The molecule has 2 aromatic rings. The first-order valence-corrected chi connectivity index (χ1v) is 6.50. The Bertz CT molecular complexity index is 578. The van der Waals surface area contributed by atoms with Crippen LogP contribution in [0, 0.1) is 5.92 Å². The summed E-state index contributed by atoms with van der Waals surface area (Å²) in [5, 5.41) is 0. The average Bonchev–Trinajstić information content (AvgIpc) is 2.95. The maximum Gasteiger partial charge on any atom is 0.212 e. The van der Waals surface area contributed by atoms with Gasteiger partial charge in [0, 0.05) is 0 Å². The normalized spacial score (nSPS) is 12.5. The molecule has 108 valence electrons. The molecule has 20 heavy (non-hydrogen) atoms. The summed E-state index contributed by atoms with van der Waals surface area (Å²) < 4.78 is 16.3. The van der Waals surface area contributed by atoms with E-state index in [9.17, 15) is 0 Å². The van der Waals surface area contributed by atoms with Gasteiger partial charge in [0.05, 0.1) is 32.0 Å². The molecule has 0 bridgehead atoms. The van der Waals surface area contributed by atoms with Crippen LogP contribution in [-0.4, -0.2) is 19.2 Å². The van der Waals surface area contributed by atoms with Crippen molar-refractivity contribution in [2.75, 3.05) is 14.2 Å². The third-order valence-corrected chi connectivity index (χ3v) is 3.20. The zero-order valence-electron chi connectivity index (χ0n) is 12.2. The summed E-state index contributed by atoms with van der Waals surface area (Å²) >= 11 is 0. The van der Waals surface area contributed by atoms with Crippen molar-refractivity contribution in [3.63, 3.8) is 0 Å². The van der Waals surface area contributed by atoms with Crippen LogP contribution in [0.15, 0.2) is 28.8 Å². The van der Waals surface area contributed by atoms with Crippen LogP contribution in [0.1, 0.15) is 25.8 Å². The zero-order chi connectivity index (χ0) is 14.7. The van der Waals surface area contributed by atoms with Gasteiger partial charge in [-0.05, 0) is 24.1 Å². The Morgan fingerprint density at radius 3 is 2.55 bits per heavy atom. The van der Waals surface area contributed by atoms with Crippen molar-refractivity contribution in [3.05, 3.63) is 30.3 Å². The molecule has 1 unspecified atom stereocenters. The third kappa shape index (κ3) is 2.77. The predicted octanol–water partition coefficient (Wildman–Crippen LogP) is 3.01. The lowest BCUT2D eigenvalue weighted by atomic mass is 10.1. The van der Waals surface area contributed by atoms with Gasteiger partial charge in [0.25, 0.3) is 0 Å². The van der Waals surface area contributed by atoms with E-state index < -0.39 is 0 Å². The lowest BCUT2D eigenvalue weighted by molar-refractivity contribution is 0.387. The average molecular weight is 276 g/mol. The van der Waals surface area contributed by atoms with Crippen molar-refractivity contribution in [1.29, 1.82) is 0 Å². The first-order valence-electron chi connectivity index (χ1n) is 6.50. The molecule has 1 aromatic carbocycles. The fourth-order valence-corrected chi connectivity index (χ4v) is 1.86. The first kappa shape index (κ1) is 14.4. The molecular weight excluding hydrogens is 256 g/mol. The van der Waals surface area contributed by atoms with Crippen LogP contribution in [0.2, 0.25) is 0 Å². The number of methoxy groups -OCH3 is 2. The van der Waals surface area contributed by atoms with Crippen molar-refractivity contribution < 1.29 is 13.9 Å². The number of hydrogen-bond acceptors (Lipinski definition) is 5. The lowest BCUT2D eigenvalue weighted by Gasteiger charge is -2.11. The second kappa shape index (κ2) is 5.96. The van der Waals surface area contributed by atoms with E-state index in [1.807, 2.05) is 32.0 Å². The molecule has 0 amide bonds. The topological polar surface area (TPSA) is 70.5 Å². The molecule has 0 aliphatic rings. The maximum atomic E-state index is 6.04. The minimum atomic E-state index is -0.222. The highest BCUT2D eigenvalue weighted by Crippen LogP contribution is 2.34. The Morgan fingerprint density at radius 1 is 1.20 bits per heavy atom. The van der Waals surface area contributed by atoms with Gasteiger partial charge in [-0.2, -0.15) is 0 Å². The largest absolute Gasteiger partial charge is 0.497 e. The van der Waals surface area contributed by atoms with Gasteiger partial charge >= 0.3 is 0 Å². The highest BCUT2D eigenvalue weighted by atomic mass is 16.5. The number of rotatable bonds is 5. The molecule has 5 heteroatoms. The summed E-state index contributed by atoms with van der Waals surface area (Å²) in [6.07, 6.45) is 1.66. The Labute approximate surface area is 118 Å². The summed E-state index contributed by atoms with van der Waals surface area (Å²) in [4.78, 5) is 4.26. The van der Waals surface area contributed by atoms with E-state index in [0.29, 0.717) is 17.4 Å². The monoisotopic (exact) mass is 276 g/mol. The van der Waals surface area contributed by atoms with Gasteiger partial charge in [-0.3, -0.25) is 0 Å². The second-order valence-corrected chi connectivity index (χ2v) is 4.90. The maximum absolute atomic E-state index is 6.04. The van der Waals surface area contributed by atoms with Gasteiger partial charge in [-0.25, -0.2) is 4.98 Å². The molecule has 0 saturated heterocycles. The number of aromatic nitrogens is 1. The van der Waals surface area contributed by atoms with E-state index in [0.717, 1.165) is 11.3 Å². The summed E-state index contributed by atoms with van der Waals surface area (Å²) in [6.45, 7) is 4.06. The SMILES string of the molecule is COc1ccc(OC)c(-c2cnc(C(N)C(C)C)o2)c1. The Kier molecular flexibility index (Phi) is 4.29. The van der Waals surface area contributed by atoms with Crippen molar-refractivity contribution >= 4 is 0 Å². The highest BCUT2D eigenvalue weighted by Gasteiger charge is 2.19.